The SMILES string of the molecule is COC(=O)c1ccc2c(=O)[nH]c(CN3CCC(NC(=O)OC(C)(C)C)CC3)nc2c1. The minimum Gasteiger partial charge on any atom is -0.465 e. The van der Waals surface area contributed by atoms with Crippen LogP contribution in [-0.2, 0) is 16.0 Å². The van der Waals surface area contributed by atoms with Crippen molar-refractivity contribution in [1.82, 2.24) is 20.2 Å². The van der Waals surface area contributed by atoms with Gasteiger partial charge in [0.2, 0.25) is 0 Å². The first kappa shape index (κ1) is 21.8. The van der Waals surface area contributed by atoms with Gasteiger partial charge in [-0.25, -0.2) is 14.6 Å². The number of benzene rings is 1. The summed E-state index contributed by atoms with van der Waals surface area (Å²) in [6, 6.07) is 4.75. The number of hydrogen-bond donors (Lipinski definition) is 2. The topological polar surface area (TPSA) is 114 Å². The number of alkyl carbamates (subject to hydrolysis) is 1. The summed E-state index contributed by atoms with van der Waals surface area (Å²) in [6.07, 6.45) is 1.16. The quantitative estimate of drug-likeness (QED) is 0.735. The third kappa shape index (κ3) is 5.56. The number of methoxy groups -OCH3 is 1. The Morgan fingerprint density at radius 2 is 1.97 bits per heavy atom. The van der Waals surface area contributed by atoms with Gasteiger partial charge in [-0.05, 0) is 51.8 Å². The van der Waals surface area contributed by atoms with Gasteiger partial charge in [0.1, 0.15) is 11.4 Å². The Bertz CT molecular complexity index is 987. The molecule has 1 aromatic carbocycles. The molecule has 162 valence electrons. The number of H-pyrrole nitrogens is 1. The monoisotopic (exact) mass is 416 g/mol. The number of hydrogen-bond acceptors (Lipinski definition) is 7. The highest BCUT2D eigenvalue weighted by Crippen LogP contribution is 2.16. The summed E-state index contributed by atoms with van der Waals surface area (Å²) in [5, 5.41) is 3.33. The Balaban J connectivity index is 1.62. The minimum absolute atomic E-state index is 0.0577. The van der Waals surface area contributed by atoms with E-state index in [9.17, 15) is 14.4 Å². The van der Waals surface area contributed by atoms with Crippen molar-refractivity contribution in [3.8, 4) is 0 Å². The summed E-state index contributed by atoms with van der Waals surface area (Å²) in [6.45, 7) is 7.49. The van der Waals surface area contributed by atoms with Gasteiger partial charge >= 0.3 is 12.1 Å². The van der Waals surface area contributed by atoms with Crippen LogP contribution in [0.1, 0.15) is 49.8 Å². The van der Waals surface area contributed by atoms with Crippen LogP contribution in [0.15, 0.2) is 23.0 Å². The molecule has 3 rings (SSSR count). The van der Waals surface area contributed by atoms with Crippen molar-refractivity contribution in [2.45, 2.75) is 51.8 Å². The highest BCUT2D eigenvalue weighted by Gasteiger charge is 2.24. The van der Waals surface area contributed by atoms with E-state index < -0.39 is 17.7 Å². The molecule has 30 heavy (non-hydrogen) atoms. The second-order valence-electron chi connectivity index (χ2n) is 8.43. The predicted molar refractivity (Wildman–Crippen MR) is 111 cm³/mol. The number of rotatable bonds is 4. The van der Waals surface area contributed by atoms with Gasteiger partial charge < -0.3 is 19.8 Å². The number of carbonyl (C=O) groups is 2. The molecule has 2 heterocycles. The van der Waals surface area contributed by atoms with E-state index in [2.05, 4.69) is 20.2 Å². The van der Waals surface area contributed by atoms with Gasteiger partial charge in [0.15, 0.2) is 0 Å². The van der Waals surface area contributed by atoms with Crippen LogP contribution in [0.4, 0.5) is 4.79 Å². The lowest BCUT2D eigenvalue weighted by Gasteiger charge is -2.32. The number of aromatic nitrogens is 2. The molecule has 0 spiro atoms. The molecule has 1 saturated heterocycles. The van der Waals surface area contributed by atoms with Gasteiger partial charge in [-0.15, -0.1) is 0 Å². The summed E-state index contributed by atoms with van der Waals surface area (Å²) in [5.41, 5.74) is 0.0423. The molecule has 0 unspecified atom stereocenters. The van der Waals surface area contributed by atoms with Crippen LogP contribution in [0.5, 0.6) is 0 Å². The molecule has 2 aromatic rings. The average Bonchev–Trinajstić information content (AvgIpc) is 2.67. The molecule has 1 aliphatic heterocycles. The number of carbonyl (C=O) groups excluding carboxylic acids is 2. The maximum Gasteiger partial charge on any atom is 0.407 e. The number of nitrogens with zero attached hydrogens (tertiary/aromatic N) is 2. The first-order valence-electron chi connectivity index (χ1n) is 9.98. The highest BCUT2D eigenvalue weighted by molar-refractivity contribution is 5.93. The van der Waals surface area contributed by atoms with E-state index >= 15 is 0 Å². The zero-order chi connectivity index (χ0) is 21.9. The number of ether oxygens (including phenoxy) is 2. The fraction of sp³-hybridized carbons (Fsp3) is 0.524. The zero-order valence-electron chi connectivity index (χ0n) is 17.8. The Kier molecular flexibility index (Phi) is 6.40. The van der Waals surface area contributed by atoms with Gasteiger partial charge in [-0.2, -0.15) is 0 Å². The fourth-order valence-electron chi connectivity index (χ4n) is 3.43. The van der Waals surface area contributed by atoms with Gasteiger partial charge in [-0.1, -0.05) is 0 Å². The van der Waals surface area contributed by atoms with Gasteiger partial charge in [-0.3, -0.25) is 9.69 Å². The van der Waals surface area contributed by atoms with Crippen molar-refractivity contribution in [2.24, 2.45) is 0 Å². The molecule has 0 bridgehead atoms. The minimum atomic E-state index is -0.522. The lowest BCUT2D eigenvalue weighted by molar-refractivity contribution is 0.0476. The Labute approximate surface area is 174 Å². The van der Waals surface area contributed by atoms with E-state index in [1.54, 1.807) is 18.2 Å². The summed E-state index contributed by atoms with van der Waals surface area (Å²) >= 11 is 0. The van der Waals surface area contributed by atoms with Crippen molar-refractivity contribution >= 4 is 23.0 Å². The normalized spacial score (nSPS) is 15.7. The molecule has 1 amide bonds. The first-order valence-corrected chi connectivity index (χ1v) is 9.98. The van der Waals surface area contributed by atoms with Crippen LogP contribution in [-0.4, -0.2) is 58.8 Å². The van der Waals surface area contributed by atoms with Gasteiger partial charge in [0.05, 0.1) is 30.1 Å². The van der Waals surface area contributed by atoms with E-state index in [4.69, 9.17) is 9.47 Å². The number of nitrogens with one attached hydrogen (secondary N) is 2. The summed E-state index contributed by atoms with van der Waals surface area (Å²) in [4.78, 5) is 45.6. The first-order chi connectivity index (χ1) is 14.1. The van der Waals surface area contributed by atoms with E-state index in [1.165, 1.54) is 7.11 Å². The number of fused-ring (bicyclic) bond motifs is 1. The maximum absolute atomic E-state index is 12.4. The molecule has 0 radical (unpaired) electrons. The average molecular weight is 416 g/mol. The van der Waals surface area contributed by atoms with Gasteiger partial charge in [0, 0.05) is 19.1 Å². The molecular formula is C21H28N4O5. The van der Waals surface area contributed by atoms with Crippen LogP contribution in [0.2, 0.25) is 0 Å². The number of likely N-dealkylation sites (tertiary alicyclic amines) is 1. The number of piperidine rings is 1. The number of aromatic amines is 1. The van der Waals surface area contributed by atoms with Crippen LogP contribution < -0.4 is 10.9 Å². The molecule has 9 nitrogen and oxygen atoms in total. The molecule has 1 aliphatic rings. The van der Waals surface area contributed by atoms with Crippen molar-refractivity contribution in [2.75, 3.05) is 20.2 Å². The Morgan fingerprint density at radius 1 is 1.27 bits per heavy atom. The predicted octanol–water partition coefficient (Wildman–Crippen LogP) is 2.20. The largest absolute Gasteiger partial charge is 0.465 e. The molecule has 1 aromatic heterocycles. The van der Waals surface area contributed by atoms with Crippen molar-refractivity contribution in [1.29, 1.82) is 0 Å². The summed E-state index contributed by atoms with van der Waals surface area (Å²) in [5.74, 6) is 0.0631. The fourth-order valence-corrected chi connectivity index (χ4v) is 3.43. The van der Waals surface area contributed by atoms with E-state index in [1.807, 2.05) is 20.8 Å². The van der Waals surface area contributed by atoms with E-state index in [0.29, 0.717) is 28.8 Å². The van der Waals surface area contributed by atoms with Crippen molar-refractivity contribution in [3.05, 3.63) is 39.9 Å². The Hall–Kier alpha value is -2.94. The number of amides is 1. The van der Waals surface area contributed by atoms with Crippen LogP contribution in [0, 0.1) is 0 Å². The van der Waals surface area contributed by atoms with E-state index in [0.717, 1.165) is 25.9 Å². The molecule has 2 N–H and O–H groups in total. The molecular weight excluding hydrogens is 388 g/mol. The molecule has 0 aliphatic carbocycles. The highest BCUT2D eigenvalue weighted by atomic mass is 16.6. The maximum atomic E-state index is 12.4. The third-order valence-corrected chi connectivity index (χ3v) is 4.86. The standard InChI is InChI=1S/C21H28N4O5/c1-21(2,3)30-20(28)22-14-7-9-25(10-8-14)12-17-23-16-11-13(19(27)29-4)5-6-15(16)18(26)24-17/h5-6,11,14H,7-10,12H2,1-4H3,(H,22,28)(H,23,24,26). The molecule has 9 heteroatoms. The summed E-state index contributed by atoms with van der Waals surface area (Å²) < 4.78 is 10.0. The lowest BCUT2D eigenvalue weighted by atomic mass is 10.1. The molecule has 1 fully saturated rings. The van der Waals surface area contributed by atoms with Gasteiger partial charge in [0.25, 0.3) is 5.56 Å². The lowest BCUT2D eigenvalue weighted by Crippen LogP contribution is -2.46. The zero-order valence-corrected chi connectivity index (χ0v) is 17.8. The number of esters is 1. The van der Waals surface area contributed by atoms with Crippen molar-refractivity contribution in [3.63, 3.8) is 0 Å². The van der Waals surface area contributed by atoms with Crippen molar-refractivity contribution < 1.29 is 19.1 Å². The summed E-state index contributed by atoms with van der Waals surface area (Å²) in [7, 11) is 1.31. The Morgan fingerprint density at radius 3 is 2.60 bits per heavy atom. The second kappa shape index (κ2) is 8.83. The van der Waals surface area contributed by atoms with Crippen LogP contribution >= 0.6 is 0 Å². The van der Waals surface area contributed by atoms with Crippen LogP contribution in [0.3, 0.4) is 0 Å². The van der Waals surface area contributed by atoms with E-state index in [-0.39, 0.29) is 11.6 Å². The second-order valence-corrected chi connectivity index (χ2v) is 8.43. The molecule has 0 atom stereocenters. The third-order valence-electron chi connectivity index (χ3n) is 4.86. The molecule has 0 saturated carbocycles. The smallest absolute Gasteiger partial charge is 0.407 e. The van der Waals surface area contributed by atoms with Crippen LogP contribution in [0.25, 0.3) is 10.9 Å².